The lowest BCUT2D eigenvalue weighted by Crippen LogP contribution is -2.51. The SMILES string of the molecule is O=C(NC1CCN(CC2(O)CCCCC2)CC1)C1CCCC1. The van der Waals surface area contributed by atoms with Crippen LogP contribution in [0.2, 0.25) is 0 Å². The van der Waals surface area contributed by atoms with Crippen LogP contribution in [0.15, 0.2) is 0 Å². The van der Waals surface area contributed by atoms with E-state index in [1.54, 1.807) is 0 Å². The highest BCUT2D eigenvalue weighted by Crippen LogP contribution is 2.30. The number of aliphatic hydroxyl groups is 1. The molecule has 1 aliphatic heterocycles. The van der Waals surface area contributed by atoms with Crippen LogP contribution in [0.1, 0.15) is 70.6 Å². The molecule has 1 amide bonds. The Hall–Kier alpha value is -0.610. The Morgan fingerprint density at radius 2 is 1.64 bits per heavy atom. The Morgan fingerprint density at radius 1 is 1.00 bits per heavy atom. The molecule has 22 heavy (non-hydrogen) atoms. The number of piperidine rings is 1. The molecule has 2 N–H and O–H groups in total. The van der Waals surface area contributed by atoms with E-state index in [4.69, 9.17) is 0 Å². The summed E-state index contributed by atoms with van der Waals surface area (Å²) in [6, 6.07) is 0.352. The summed E-state index contributed by atoms with van der Waals surface area (Å²) in [5.74, 6) is 0.572. The third-order valence-corrected chi connectivity index (χ3v) is 5.96. The zero-order valence-electron chi connectivity index (χ0n) is 13.9. The van der Waals surface area contributed by atoms with Gasteiger partial charge >= 0.3 is 0 Å². The van der Waals surface area contributed by atoms with Crippen LogP contribution in [-0.4, -0.2) is 47.2 Å². The van der Waals surface area contributed by atoms with E-state index in [9.17, 15) is 9.90 Å². The van der Waals surface area contributed by atoms with E-state index in [0.29, 0.717) is 11.9 Å². The van der Waals surface area contributed by atoms with Crippen LogP contribution >= 0.6 is 0 Å². The number of nitrogens with zero attached hydrogens (tertiary/aromatic N) is 1. The zero-order valence-corrected chi connectivity index (χ0v) is 13.9. The molecule has 0 unspecified atom stereocenters. The Morgan fingerprint density at radius 3 is 2.27 bits per heavy atom. The first kappa shape index (κ1) is 16.3. The van der Waals surface area contributed by atoms with Gasteiger partial charge in [0.2, 0.25) is 5.91 Å². The second-order valence-electron chi connectivity index (χ2n) is 7.83. The minimum absolute atomic E-state index is 0.279. The first-order chi connectivity index (χ1) is 10.6. The first-order valence-electron chi connectivity index (χ1n) is 9.40. The van der Waals surface area contributed by atoms with Gasteiger partial charge in [0, 0.05) is 31.6 Å². The van der Waals surface area contributed by atoms with E-state index in [2.05, 4.69) is 10.2 Å². The normalized spacial score (nSPS) is 27.9. The molecule has 0 atom stereocenters. The fourth-order valence-corrected chi connectivity index (χ4v) is 4.53. The Bertz CT molecular complexity index is 365. The molecule has 3 fully saturated rings. The average molecular weight is 308 g/mol. The standard InChI is InChI=1S/C18H32N2O2/c21-17(15-6-2-3-7-15)19-16-8-12-20(13-9-16)14-18(22)10-4-1-5-11-18/h15-16,22H,1-14H2,(H,19,21). The van der Waals surface area contributed by atoms with E-state index >= 15 is 0 Å². The highest BCUT2D eigenvalue weighted by molar-refractivity contribution is 5.79. The van der Waals surface area contributed by atoms with Crippen LogP contribution in [0.4, 0.5) is 0 Å². The van der Waals surface area contributed by atoms with Gasteiger partial charge < -0.3 is 15.3 Å². The molecule has 0 spiro atoms. The van der Waals surface area contributed by atoms with Crippen molar-refractivity contribution in [1.29, 1.82) is 0 Å². The molecule has 0 bridgehead atoms. The summed E-state index contributed by atoms with van der Waals surface area (Å²) in [6.07, 6.45) is 12.2. The van der Waals surface area contributed by atoms with Gasteiger partial charge in [-0.05, 0) is 38.5 Å². The van der Waals surface area contributed by atoms with Crippen molar-refractivity contribution in [3.05, 3.63) is 0 Å². The van der Waals surface area contributed by atoms with Crippen LogP contribution in [0, 0.1) is 5.92 Å². The van der Waals surface area contributed by atoms with Crippen LogP contribution in [0.3, 0.4) is 0 Å². The van der Waals surface area contributed by atoms with E-state index in [1.165, 1.54) is 32.1 Å². The van der Waals surface area contributed by atoms with Gasteiger partial charge in [-0.1, -0.05) is 32.1 Å². The summed E-state index contributed by atoms with van der Waals surface area (Å²) in [6.45, 7) is 2.85. The number of likely N-dealkylation sites (tertiary alicyclic amines) is 1. The lowest BCUT2D eigenvalue weighted by molar-refractivity contribution is -0.126. The molecule has 3 rings (SSSR count). The molecule has 2 aliphatic carbocycles. The molecule has 1 heterocycles. The fraction of sp³-hybridized carbons (Fsp3) is 0.944. The maximum atomic E-state index is 12.2. The van der Waals surface area contributed by atoms with Gasteiger partial charge in [0.05, 0.1) is 5.60 Å². The van der Waals surface area contributed by atoms with Crippen LogP contribution in [0.25, 0.3) is 0 Å². The van der Waals surface area contributed by atoms with Gasteiger partial charge in [-0.25, -0.2) is 0 Å². The van der Waals surface area contributed by atoms with Gasteiger partial charge in [0.25, 0.3) is 0 Å². The number of carbonyl (C=O) groups is 1. The fourth-order valence-electron chi connectivity index (χ4n) is 4.53. The summed E-state index contributed by atoms with van der Waals surface area (Å²) in [4.78, 5) is 14.6. The zero-order chi connectivity index (χ0) is 15.4. The lowest BCUT2D eigenvalue weighted by Gasteiger charge is -2.40. The van der Waals surface area contributed by atoms with Gasteiger partial charge in [-0.15, -0.1) is 0 Å². The van der Waals surface area contributed by atoms with Crippen molar-refractivity contribution in [3.63, 3.8) is 0 Å². The summed E-state index contributed by atoms with van der Waals surface area (Å²) in [7, 11) is 0. The average Bonchev–Trinajstić information content (AvgIpc) is 3.04. The molecule has 4 heteroatoms. The number of rotatable bonds is 4. The van der Waals surface area contributed by atoms with Crippen LogP contribution in [0.5, 0.6) is 0 Å². The largest absolute Gasteiger partial charge is 0.389 e. The molecular weight excluding hydrogens is 276 g/mol. The molecule has 0 aromatic heterocycles. The highest BCUT2D eigenvalue weighted by atomic mass is 16.3. The van der Waals surface area contributed by atoms with Crippen molar-refractivity contribution >= 4 is 5.91 Å². The molecule has 0 radical (unpaired) electrons. The molecule has 126 valence electrons. The van der Waals surface area contributed by atoms with Gasteiger partial charge in [-0.3, -0.25) is 4.79 Å². The predicted molar refractivity (Wildman–Crippen MR) is 87.6 cm³/mol. The maximum Gasteiger partial charge on any atom is 0.223 e. The quantitative estimate of drug-likeness (QED) is 0.839. The van der Waals surface area contributed by atoms with Gasteiger partial charge in [-0.2, -0.15) is 0 Å². The van der Waals surface area contributed by atoms with Crippen molar-refractivity contribution in [2.24, 2.45) is 5.92 Å². The highest BCUT2D eigenvalue weighted by Gasteiger charge is 2.33. The van der Waals surface area contributed by atoms with Crippen LogP contribution in [-0.2, 0) is 4.79 Å². The minimum atomic E-state index is -0.446. The van der Waals surface area contributed by atoms with Crippen molar-refractivity contribution in [2.45, 2.75) is 82.3 Å². The Labute approximate surface area is 134 Å². The number of nitrogens with one attached hydrogen (secondary N) is 1. The smallest absolute Gasteiger partial charge is 0.223 e. The lowest BCUT2D eigenvalue weighted by atomic mass is 9.84. The Kier molecular flexibility index (Phi) is 5.40. The predicted octanol–water partition coefficient (Wildman–Crippen LogP) is 2.45. The van der Waals surface area contributed by atoms with Crippen molar-refractivity contribution in [2.75, 3.05) is 19.6 Å². The number of β-amino-alcohol motifs (C(OH)–C–C–N with tert-alkyl or cyclic N) is 1. The molecule has 0 aromatic carbocycles. The maximum absolute atomic E-state index is 12.2. The third-order valence-electron chi connectivity index (χ3n) is 5.96. The number of carbonyl (C=O) groups excluding carboxylic acids is 1. The summed E-state index contributed by atoms with van der Waals surface area (Å²) < 4.78 is 0. The van der Waals surface area contributed by atoms with E-state index in [-0.39, 0.29) is 5.92 Å². The van der Waals surface area contributed by atoms with Crippen molar-refractivity contribution < 1.29 is 9.90 Å². The Balaban J connectivity index is 1.39. The summed E-state index contributed by atoms with van der Waals surface area (Å²) >= 11 is 0. The number of amides is 1. The van der Waals surface area contributed by atoms with E-state index < -0.39 is 5.60 Å². The number of hydrogen-bond donors (Lipinski definition) is 2. The minimum Gasteiger partial charge on any atom is -0.389 e. The molecule has 1 saturated heterocycles. The van der Waals surface area contributed by atoms with Crippen molar-refractivity contribution in [1.82, 2.24) is 10.2 Å². The second-order valence-corrected chi connectivity index (χ2v) is 7.83. The van der Waals surface area contributed by atoms with E-state index in [0.717, 1.165) is 58.2 Å². The topological polar surface area (TPSA) is 52.6 Å². The van der Waals surface area contributed by atoms with Crippen LogP contribution < -0.4 is 5.32 Å². The van der Waals surface area contributed by atoms with Gasteiger partial charge in [0.1, 0.15) is 0 Å². The molecular formula is C18H32N2O2. The monoisotopic (exact) mass is 308 g/mol. The third kappa shape index (κ3) is 4.23. The molecule has 4 nitrogen and oxygen atoms in total. The molecule has 3 aliphatic rings. The summed E-state index contributed by atoms with van der Waals surface area (Å²) in [5.41, 5.74) is -0.446. The first-order valence-corrected chi connectivity index (χ1v) is 9.40. The van der Waals surface area contributed by atoms with Crippen molar-refractivity contribution in [3.8, 4) is 0 Å². The van der Waals surface area contributed by atoms with Gasteiger partial charge in [0.15, 0.2) is 0 Å². The second kappa shape index (κ2) is 7.31. The van der Waals surface area contributed by atoms with E-state index in [1.807, 2.05) is 0 Å². The molecule has 0 aromatic rings. The summed E-state index contributed by atoms with van der Waals surface area (Å²) in [5, 5.41) is 13.9. The number of hydrogen-bond acceptors (Lipinski definition) is 3. The molecule has 2 saturated carbocycles.